The van der Waals surface area contributed by atoms with Gasteiger partial charge in [0.15, 0.2) is 6.10 Å². The molecule has 0 aromatic rings. The smallest absolute Gasteiger partial charge is 0.335 e. The molecular formula is C11H18O5. The number of aliphatic carboxylic acids is 1. The molecular weight excluding hydrogens is 212 g/mol. The predicted octanol–water partition coefficient (Wildman–Crippen LogP) is 1.21. The second-order valence-corrected chi connectivity index (χ2v) is 4.97. The lowest BCUT2D eigenvalue weighted by atomic mass is 9.98. The maximum Gasteiger partial charge on any atom is 0.335 e. The quantitative estimate of drug-likeness (QED) is 0.722. The van der Waals surface area contributed by atoms with Crippen LogP contribution in [0.3, 0.4) is 0 Å². The number of carboxylic acid groups (broad SMARTS) is 1. The van der Waals surface area contributed by atoms with E-state index in [0.717, 1.165) is 0 Å². The van der Waals surface area contributed by atoms with E-state index in [4.69, 9.17) is 14.6 Å². The van der Waals surface area contributed by atoms with E-state index < -0.39 is 29.6 Å². The Hall–Kier alpha value is -1.10. The van der Waals surface area contributed by atoms with Crippen molar-refractivity contribution in [2.45, 2.75) is 45.3 Å². The molecule has 0 aromatic heterocycles. The summed E-state index contributed by atoms with van der Waals surface area (Å²) in [7, 11) is 0. The summed E-state index contributed by atoms with van der Waals surface area (Å²) >= 11 is 0. The van der Waals surface area contributed by atoms with Gasteiger partial charge in [0.2, 0.25) is 0 Å². The first-order valence-corrected chi connectivity index (χ1v) is 5.37. The number of carbonyl (C=O) groups excluding carboxylic acids is 1. The lowest BCUT2D eigenvalue weighted by molar-refractivity contribution is -0.176. The molecule has 5 heteroatoms. The van der Waals surface area contributed by atoms with Gasteiger partial charge in [-0.1, -0.05) is 0 Å². The van der Waals surface area contributed by atoms with Crippen molar-refractivity contribution in [1.29, 1.82) is 0 Å². The van der Waals surface area contributed by atoms with Gasteiger partial charge in [-0.25, -0.2) is 4.79 Å². The molecule has 1 heterocycles. The lowest BCUT2D eigenvalue weighted by Crippen LogP contribution is -2.39. The average molecular weight is 230 g/mol. The van der Waals surface area contributed by atoms with Crippen molar-refractivity contribution < 1.29 is 24.2 Å². The monoisotopic (exact) mass is 230 g/mol. The van der Waals surface area contributed by atoms with Crippen LogP contribution in [0.25, 0.3) is 0 Å². The van der Waals surface area contributed by atoms with E-state index in [-0.39, 0.29) is 6.61 Å². The number of ether oxygens (including phenoxy) is 2. The molecule has 1 rings (SSSR count). The standard InChI is InChI=1S/C11H18O5/c1-11(2,3)16-10(14)8-5-4-7(6-15-8)9(12)13/h7-8H,4-6H2,1-3H3,(H,12,13). The number of hydrogen-bond acceptors (Lipinski definition) is 4. The van der Waals surface area contributed by atoms with Crippen molar-refractivity contribution in [3.8, 4) is 0 Å². The Labute approximate surface area is 94.7 Å². The number of esters is 1. The molecule has 1 fully saturated rings. The van der Waals surface area contributed by atoms with E-state index in [9.17, 15) is 9.59 Å². The molecule has 0 bridgehead atoms. The summed E-state index contributed by atoms with van der Waals surface area (Å²) in [6, 6.07) is 0. The highest BCUT2D eigenvalue weighted by atomic mass is 16.6. The van der Waals surface area contributed by atoms with E-state index in [1.165, 1.54) is 0 Å². The summed E-state index contributed by atoms with van der Waals surface area (Å²) in [5.41, 5.74) is -0.538. The number of carbonyl (C=O) groups is 2. The second kappa shape index (κ2) is 4.82. The van der Waals surface area contributed by atoms with Gasteiger partial charge < -0.3 is 14.6 Å². The Morgan fingerprint density at radius 1 is 1.31 bits per heavy atom. The minimum Gasteiger partial charge on any atom is -0.481 e. The maximum absolute atomic E-state index is 11.6. The first-order valence-electron chi connectivity index (χ1n) is 5.37. The minimum atomic E-state index is -0.873. The predicted molar refractivity (Wildman–Crippen MR) is 55.9 cm³/mol. The Morgan fingerprint density at radius 2 is 1.94 bits per heavy atom. The molecule has 92 valence electrons. The third-order valence-corrected chi connectivity index (χ3v) is 2.29. The Kier molecular flexibility index (Phi) is 3.91. The molecule has 1 saturated heterocycles. The van der Waals surface area contributed by atoms with E-state index in [1.807, 2.05) is 0 Å². The lowest BCUT2D eigenvalue weighted by Gasteiger charge is -2.28. The highest BCUT2D eigenvalue weighted by molar-refractivity contribution is 5.76. The largest absolute Gasteiger partial charge is 0.481 e. The summed E-state index contributed by atoms with van der Waals surface area (Å²) in [5, 5.41) is 8.75. The van der Waals surface area contributed by atoms with Gasteiger partial charge in [-0.15, -0.1) is 0 Å². The van der Waals surface area contributed by atoms with Crippen molar-refractivity contribution in [2.24, 2.45) is 5.92 Å². The zero-order valence-electron chi connectivity index (χ0n) is 9.86. The Morgan fingerprint density at radius 3 is 2.31 bits per heavy atom. The Balaban J connectivity index is 2.42. The highest BCUT2D eigenvalue weighted by Crippen LogP contribution is 2.21. The van der Waals surface area contributed by atoms with Gasteiger partial charge >= 0.3 is 11.9 Å². The van der Waals surface area contributed by atoms with Crippen molar-refractivity contribution in [3.05, 3.63) is 0 Å². The normalized spacial score (nSPS) is 26.2. The zero-order chi connectivity index (χ0) is 12.3. The van der Waals surface area contributed by atoms with Gasteiger partial charge in [-0.3, -0.25) is 4.79 Å². The minimum absolute atomic E-state index is 0.0826. The van der Waals surface area contributed by atoms with Crippen LogP contribution < -0.4 is 0 Å². The molecule has 1 aliphatic rings. The van der Waals surface area contributed by atoms with Gasteiger partial charge in [0.05, 0.1) is 12.5 Å². The fraction of sp³-hybridized carbons (Fsp3) is 0.818. The van der Waals surface area contributed by atoms with Crippen LogP contribution in [0.1, 0.15) is 33.6 Å². The molecule has 5 nitrogen and oxygen atoms in total. The molecule has 1 aliphatic heterocycles. The molecule has 0 aliphatic carbocycles. The van der Waals surface area contributed by atoms with Crippen LogP contribution in [0.2, 0.25) is 0 Å². The molecule has 0 spiro atoms. The van der Waals surface area contributed by atoms with Crippen LogP contribution in [-0.2, 0) is 19.1 Å². The van der Waals surface area contributed by atoms with Gasteiger partial charge in [-0.2, -0.15) is 0 Å². The topological polar surface area (TPSA) is 72.8 Å². The van der Waals surface area contributed by atoms with Crippen LogP contribution >= 0.6 is 0 Å². The van der Waals surface area contributed by atoms with Crippen molar-refractivity contribution >= 4 is 11.9 Å². The Bertz CT molecular complexity index is 271. The number of rotatable bonds is 2. The van der Waals surface area contributed by atoms with Crippen molar-refractivity contribution in [3.63, 3.8) is 0 Å². The molecule has 0 saturated carbocycles. The first-order chi connectivity index (χ1) is 7.29. The van der Waals surface area contributed by atoms with Crippen molar-refractivity contribution in [1.82, 2.24) is 0 Å². The summed E-state index contributed by atoms with van der Waals surface area (Å²) in [6.07, 6.45) is 0.250. The number of hydrogen-bond donors (Lipinski definition) is 1. The molecule has 0 aromatic carbocycles. The van der Waals surface area contributed by atoms with Gasteiger partial charge in [0.25, 0.3) is 0 Å². The summed E-state index contributed by atoms with van der Waals surface area (Å²) in [4.78, 5) is 22.3. The van der Waals surface area contributed by atoms with E-state index in [0.29, 0.717) is 12.8 Å². The second-order valence-electron chi connectivity index (χ2n) is 4.97. The van der Waals surface area contributed by atoms with Gasteiger partial charge in [0, 0.05) is 0 Å². The van der Waals surface area contributed by atoms with E-state index in [1.54, 1.807) is 20.8 Å². The molecule has 2 atom stereocenters. The summed E-state index contributed by atoms with van der Waals surface area (Å²) < 4.78 is 10.4. The fourth-order valence-corrected chi connectivity index (χ4v) is 1.50. The highest BCUT2D eigenvalue weighted by Gasteiger charge is 2.33. The first kappa shape index (κ1) is 13.0. The summed E-state index contributed by atoms with van der Waals surface area (Å²) in [5.74, 6) is -1.78. The SMILES string of the molecule is CC(C)(C)OC(=O)C1CCC(C(=O)O)CO1. The van der Waals surface area contributed by atoms with Gasteiger partial charge in [-0.05, 0) is 33.6 Å². The maximum atomic E-state index is 11.6. The molecule has 16 heavy (non-hydrogen) atoms. The van der Waals surface area contributed by atoms with Crippen LogP contribution in [0.4, 0.5) is 0 Å². The third kappa shape index (κ3) is 3.81. The molecule has 2 unspecified atom stereocenters. The number of carboxylic acids is 1. The average Bonchev–Trinajstić information content (AvgIpc) is 2.15. The molecule has 0 amide bonds. The van der Waals surface area contributed by atoms with Gasteiger partial charge in [0.1, 0.15) is 5.60 Å². The zero-order valence-corrected chi connectivity index (χ0v) is 9.86. The fourth-order valence-electron chi connectivity index (χ4n) is 1.50. The van der Waals surface area contributed by atoms with Crippen LogP contribution in [0, 0.1) is 5.92 Å². The van der Waals surface area contributed by atoms with E-state index >= 15 is 0 Å². The van der Waals surface area contributed by atoms with Crippen LogP contribution in [-0.4, -0.2) is 35.4 Å². The third-order valence-electron chi connectivity index (χ3n) is 2.29. The van der Waals surface area contributed by atoms with Crippen molar-refractivity contribution in [2.75, 3.05) is 6.61 Å². The van der Waals surface area contributed by atoms with E-state index in [2.05, 4.69) is 0 Å². The van der Waals surface area contributed by atoms with Crippen LogP contribution in [0.5, 0.6) is 0 Å². The molecule has 1 N–H and O–H groups in total. The van der Waals surface area contributed by atoms with Crippen LogP contribution in [0.15, 0.2) is 0 Å². The summed E-state index contributed by atoms with van der Waals surface area (Å²) in [6.45, 7) is 5.44. The molecule has 0 radical (unpaired) electrons.